The third kappa shape index (κ3) is 4.99. The molecule has 2 aromatic heterocycles. The van der Waals surface area contributed by atoms with Crippen LogP contribution in [0.4, 0.5) is 5.82 Å². The zero-order chi connectivity index (χ0) is 25.1. The number of hydrogen-bond acceptors (Lipinski definition) is 6. The SMILES string of the molecule is CCCCc1nc(N2CCN(S(=O)(=O)Cc3ccccc3)CC2)c2c(C)nn(-c3ccccc3)c2n1. The molecule has 9 heteroatoms. The first-order valence-corrected chi connectivity index (χ1v) is 14.2. The number of aromatic nitrogens is 4. The van der Waals surface area contributed by atoms with Crippen molar-refractivity contribution in [2.45, 2.75) is 38.9 Å². The molecule has 0 N–H and O–H groups in total. The molecular weight excluding hydrogens is 472 g/mol. The number of aryl methyl sites for hydroxylation is 2. The highest BCUT2D eigenvalue weighted by Gasteiger charge is 2.29. The Morgan fingerprint density at radius 1 is 0.889 bits per heavy atom. The third-order valence-corrected chi connectivity index (χ3v) is 8.46. The topological polar surface area (TPSA) is 84.2 Å². The second kappa shape index (κ2) is 10.4. The molecule has 0 aliphatic carbocycles. The summed E-state index contributed by atoms with van der Waals surface area (Å²) in [5, 5.41) is 5.75. The summed E-state index contributed by atoms with van der Waals surface area (Å²) in [6, 6.07) is 19.4. The van der Waals surface area contributed by atoms with Crippen LogP contribution in [0.2, 0.25) is 0 Å². The van der Waals surface area contributed by atoms with Crippen molar-refractivity contribution in [3.63, 3.8) is 0 Å². The normalized spacial score (nSPS) is 15.0. The molecule has 0 unspecified atom stereocenters. The van der Waals surface area contributed by atoms with Gasteiger partial charge in [0.15, 0.2) is 5.65 Å². The zero-order valence-corrected chi connectivity index (χ0v) is 21.7. The molecule has 5 rings (SSSR count). The molecule has 0 bridgehead atoms. The van der Waals surface area contributed by atoms with Crippen LogP contribution in [-0.2, 0) is 22.2 Å². The summed E-state index contributed by atoms with van der Waals surface area (Å²) in [7, 11) is -3.39. The molecule has 0 radical (unpaired) electrons. The van der Waals surface area contributed by atoms with E-state index in [4.69, 9.17) is 15.1 Å². The van der Waals surface area contributed by atoms with Gasteiger partial charge in [-0.05, 0) is 31.0 Å². The van der Waals surface area contributed by atoms with E-state index in [1.54, 1.807) is 4.31 Å². The summed E-state index contributed by atoms with van der Waals surface area (Å²) >= 11 is 0. The van der Waals surface area contributed by atoms with E-state index in [1.165, 1.54) is 0 Å². The number of piperazine rings is 1. The largest absolute Gasteiger partial charge is 0.353 e. The van der Waals surface area contributed by atoms with Crippen LogP contribution in [0.1, 0.15) is 36.8 Å². The Morgan fingerprint density at radius 2 is 1.56 bits per heavy atom. The van der Waals surface area contributed by atoms with Crippen LogP contribution < -0.4 is 4.90 Å². The van der Waals surface area contributed by atoms with Gasteiger partial charge >= 0.3 is 0 Å². The van der Waals surface area contributed by atoms with Crippen molar-refractivity contribution in [3.8, 4) is 5.69 Å². The molecule has 1 aliphatic heterocycles. The first-order chi connectivity index (χ1) is 17.5. The number of unbranched alkanes of at least 4 members (excludes halogenated alkanes) is 1. The van der Waals surface area contributed by atoms with Crippen LogP contribution in [0.5, 0.6) is 0 Å². The predicted molar refractivity (Wildman–Crippen MR) is 143 cm³/mol. The molecule has 1 aliphatic rings. The second-order valence-electron chi connectivity index (χ2n) is 9.23. The number of rotatable bonds is 8. The van der Waals surface area contributed by atoms with Gasteiger partial charge < -0.3 is 4.90 Å². The Balaban J connectivity index is 1.45. The standard InChI is InChI=1S/C27H32N6O2S/c1-3-4-15-24-28-26(25-21(2)30-33(27(25)29-24)23-13-9-6-10-14-23)31-16-18-32(19-17-31)36(34,35)20-22-11-7-5-8-12-22/h5-14H,3-4,15-20H2,1-2H3. The number of anilines is 1. The molecule has 1 fully saturated rings. The van der Waals surface area contributed by atoms with Gasteiger partial charge in [-0.25, -0.2) is 23.1 Å². The van der Waals surface area contributed by atoms with Crippen molar-refractivity contribution >= 4 is 26.9 Å². The number of benzene rings is 2. The summed E-state index contributed by atoms with van der Waals surface area (Å²) in [5.41, 5.74) is 3.43. The van der Waals surface area contributed by atoms with Gasteiger partial charge in [0.05, 0.1) is 22.5 Å². The van der Waals surface area contributed by atoms with Crippen molar-refractivity contribution in [1.29, 1.82) is 0 Å². The molecule has 36 heavy (non-hydrogen) atoms. The maximum absolute atomic E-state index is 13.1. The van der Waals surface area contributed by atoms with Gasteiger partial charge in [0.1, 0.15) is 11.6 Å². The van der Waals surface area contributed by atoms with Crippen LogP contribution in [0.3, 0.4) is 0 Å². The molecule has 1 saturated heterocycles. The van der Waals surface area contributed by atoms with E-state index in [-0.39, 0.29) is 5.75 Å². The fourth-order valence-corrected chi connectivity index (χ4v) is 6.20. The smallest absolute Gasteiger partial charge is 0.218 e. The van der Waals surface area contributed by atoms with Gasteiger partial charge in [-0.3, -0.25) is 0 Å². The highest BCUT2D eigenvalue weighted by molar-refractivity contribution is 7.88. The lowest BCUT2D eigenvalue weighted by molar-refractivity contribution is 0.383. The Bertz CT molecular complexity index is 1430. The van der Waals surface area contributed by atoms with Gasteiger partial charge in [0.25, 0.3) is 0 Å². The molecule has 3 heterocycles. The fourth-order valence-electron chi connectivity index (χ4n) is 4.68. The van der Waals surface area contributed by atoms with E-state index in [0.29, 0.717) is 26.2 Å². The van der Waals surface area contributed by atoms with Crippen LogP contribution >= 0.6 is 0 Å². The van der Waals surface area contributed by atoms with E-state index in [0.717, 1.165) is 58.9 Å². The van der Waals surface area contributed by atoms with E-state index >= 15 is 0 Å². The van der Waals surface area contributed by atoms with Gasteiger partial charge in [-0.15, -0.1) is 0 Å². The van der Waals surface area contributed by atoms with Gasteiger partial charge in [-0.2, -0.15) is 9.40 Å². The monoisotopic (exact) mass is 504 g/mol. The summed E-state index contributed by atoms with van der Waals surface area (Å²) in [4.78, 5) is 12.1. The van der Waals surface area contributed by atoms with Crippen LogP contribution in [0.25, 0.3) is 16.7 Å². The maximum Gasteiger partial charge on any atom is 0.218 e. The molecule has 0 amide bonds. The minimum atomic E-state index is -3.39. The number of nitrogens with zero attached hydrogens (tertiary/aromatic N) is 6. The summed E-state index contributed by atoms with van der Waals surface area (Å²) in [6.45, 7) is 6.15. The van der Waals surface area contributed by atoms with Crippen molar-refractivity contribution in [3.05, 3.63) is 77.7 Å². The van der Waals surface area contributed by atoms with Crippen molar-refractivity contribution in [2.24, 2.45) is 0 Å². The van der Waals surface area contributed by atoms with Crippen molar-refractivity contribution in [2.75, 3.05) is 31.1 Å². The lowest BCUT2D eigenvalue weighted by atomic mass is 10.2. The lowest BCUT2D eigenvalue weighted by Crippen LogP contribution is -2.49. The number of hydrogen-bond donors (Lipinski definition) is 0. The molecule has 0 atom stereocenters. The highest BCUT2D eigenvalue weighted by Crippen LogP contribution is 2.30. The fraction of sp³-hybridized carbons (Fsp3) is 0.370. The summed E-state index contributed by atoms with van der Waals surface area (Å²) in [6.07, 6.45) is 2.87. The summed E-state index contributed by atoms with van der Waals surface area (Å²) < 4.78 is 29.6. The van der Waals surface area contributed by atoms with E-state index in [9.17, 15) is 8.42 Å². The van der Waals surface area contributed by atoms with Crippen molar-refractivity contribution in [1.82, 2.24) is 24.1 Å². The Labute approximate surface area is 212 Å². The van der Waals surface area contributed by atoms with E-state index < -0.39 is 10.0 Å². The predicted octanol–water partition coefficient (Wildman–Crippen LogP) is 4.12. The zero-order valence-electron chi connectivity index (χ0n) is 20.8. The molecule has 0 saturated carbocycles. The molecular formula is C27H32N6O2S. The van der Waals surface area contributed by atoms with E-state index in [2.05, 4.69) is 11.8 Å². The molecule has 4 aromatic rings. The molecule has 188 valence electrons. The molecule has 2 aromatic carbocycles. The van der Waals surface area contributed by atoms with Crippen molar-refractivity contribution < 1.29 is 8.42 Å². The first-order valence-electron chi connectivity index (χ1n) is 12.5. The summed E-state index contributed by atoms with van der Waals surface area (Å²) in [5.74, 6) is 1.68. The quantitative estimate of drug-likeness (QED) is 0.359. The maximum atomic E-state index is 13.1. The number of sulfonamides is 1. The number of fused-ring (bicyclic) bond motifs is 1. The average Bonchev–Trinajstić information content (AvgIpc) is 3.24. The van der Waals surface area contributed by atoms with Gasteiger partial charge in [-0.1, -0.05) is 61.9 Å². The minimum absolute atomic E-state index is 0.0235. The Morgan fingerprint density at radius 3 is 2.22 bits per heavy atom. The Hall–Kier alpha value is -3.30. The van der Waals surface area contributed by atoms with Gasteiger partial charge in [0.2, 0.25) is 10.0 Å². The second-order valence-corrected chi connectivity index (χ2v) is 11.2. The van der Waals surface area contributed by atoms with Crippen LogP contribution in [0, 0.1) is 6.92 Å². The van der Waals surface area contributed by atoms with Gasteiger partial charge in [0, 0.05) is 32.6 Å². The lowest BCUT2D eigenvalue weighted by Gasteiger charge is -2.35. The van der Waals surface area contributed by atoms with Crippen LogP contribution in [0.15, 0.2) is 60.7 Å². The first kappa shape index (κ1) is 24.4. The van der Waals surface area contributed by atoms with E-state index in [1.807, 2.05) is 72.3 Å². The third-order valence-electron chi connectivity index (χ3n) is 6.61. The number of para-hydroxylation sites is 1. The highest BCUT2D eigenvalue weighted by atomic mass is 32.2. The molecule has 0 spiro atoms. The van der Waals surface area contributed by atoms with Crippen LogP contribution in [-0.4, -0.2) is 58.7 Å². The Kier molecular flexibility index (Phi) is 7.02. The molecule has 8 nitrogen and oxygen atoms in total. The average molecular weight is 505 g/mol. The minimum Gasteiger partial charge on any atom is -0.353 e.